The summed E-state index contributed by atoms with van der Waals surface area (Å²) in [6.07, 6.45) is 0. The van der Waals surface area contributed by atoms with Crippen LogP contribution in [0.15, 0.2) is 29.5 Å². The third-order valence-corrected chi connectivity index (χ3v) is 6.51. The predicted octanol–water partition coefficient (Wildman–Crippen LogP) is 2.73. The van der Waals surface area contributed by atoms with Crippen molar-refractivity contribution in [2.45, 2.75) is 46.2 Å². The first-order chi connectivity index (χ1) is 18.0. The average Bonchev–Trinajstić information content (AvgIpc) is 2.87. The number of nitrogens with zero attached hydrogens (tertiary/aromatic N) is 3. The van der Waals surface area contributed by atoms with Crippen molar-refractivity contribution in [2.24, 2.45) is 0 Å². The maximum absolute atomic E-state index is 13.4. The van der Waals surface area contributed by atoms with Crippen LogP contribution in [-0.2, 0) is 9.53 Å². The molecule has 11 heteroatoms. The number of ether oxygens (including phenoxy) is 3. The minimum Gasteiger partial charge on any atom is -0.493 e. The molecule has 0 radical (unpaired) electrons. The number of carbonyl (C=O) groups excluding carboxylic acids is 3. The van der Waals surface area contributed by atoms with Gasteiger partial charge in [0.05, 0.1) is 32.4 Å². The Balaban J connectivity index is 1.94. The number of esters is 1. The van der Waals surface area contributed by atoms with Gasteiger partial charge < -0.3 is 29.7 Å². The lowest BCUT2D eigenvalue weighted by Crippen LogP contribution is -2.56. The standard InChI is InChI=1S/C27H41N5O6/c1-8-32-19(17-30-12-14-31(15-13-30)26(35)29-27(3,4)5)22(24(33)38-9-2)23(28-25(32)34)18-10-11-20(36-6)21(16-18)37-7/h10-11,16,23H,8-9,12-15,17H2,1-7H3,(H,28,34)(H,29,35)/t23-/m1/s1. The van der Waals surface area contributed by atoms with Crippen LogP contribution in [0.4, 0.5) is 9.59 Å². The van der Waals surface area contributed by atoms with Gasteiger partial charge in [-0.15, -0.1) is 0 Å². The van der Waals surface area contributed by atoms with Crippen LogP contribution in [0, 0.1) is 0 Å². The molecule has 38 heavy (non-hydrogen) atoms. The van der Waals surface area contributed by atoms with Gasteiger partial charge in [0, 0.05) is 50.5 Å². The molecule has 2 aliphatic rings. The minimum atomic E-state index is -0.724. The Hall–Kier alpha value is -3.47. The highest BCUT2D eigenvalue weighted by molar-refractivity contribution is 5.95. The van der Waals surface area contributed by atoms with Crippen molar-refractivity contribution in [2.75, 3.05) is 60.1 Å². The van der Waals surface area contributed by atoms with Crippen molar-refractivity contribution >= 4 is 18.0 Å². The summed E-state index contributed by atoms with van der Waals surface area (Å²) >= 11 is 0. The topological polar surface area (TPSA) is 113 Å². The highest BCUT2D eigenvalue weighted by Crippen LogP contribution is 2.36. The first-order valence-electron chi connectivity index (χ1n) is 13.0. The summed E-state index contributed by atoms with van der Waals surface area (Å²) in [4.78, 5) is 44.7. The zero-order valence-corrected chi connectivity index (χ0v) is 23.6. The lowest BCUT2D eigenvalue weighted by Gasteiger charge is -2.40. The minimum absolute atomic E-state index is 0.0932. The van der Waals surface area contributed by atoms with Gasteiger partial charge in [0.15, 0.2) is 11.5 Å². The van der Waals surface area contributed by atoms with Gasteiger partial charge >= 0.3 is 18.0 Å². The first-order valence-corrected chi connectivity index (χ1v) is 13.0. The Morgan fingerprint density at radius 2 is 1.71 bits per heavy atom. The fraction of sp³-hybridized carbons (Fsp3) is 0.593. The van der Waals surface area contributed by atoms with Crippen LogP contribution in [0.5, 0.6) is 11.5 Å². The van der Waals surface area contributed by atoms with Gasteiger partial charge in [-0.25, -0.2) is 14.4 Å². The van der Waals surface area contributed by atoms with Crippen LogP contribution in [0.2, 0.25) is 0 Å². The summed E-state index contributed by atoms with van der Waals surface area (Å²) in [6, 6.07) is 4.20. The van der Waals surface area contributed by atoms with Gasteiger partial charge in [0.2, 0.25) is 0 Å². The van der Waals surface area contributed by atoms with Crippen LogP contribution >= 0.6 is 0 Å². The van der Waals surface area contributed by atoms with Crippen LogP contribution < -0.4 is 20.1 Å². The third-order valence-electron chi connectivity index (χ3n) is 6.51. The molecule has 3 rings (SSSR count). The maximum Gasteiger partial charge on any atom is 0.338 e. The molecular formula is C27H41N5O6. The number of benzene rings is 1. The van der Waals surface area contributed by atoms with Crippen LogP contribution in [0.3, 0.4) is 0 Å². The Morgan fingerprint density at radius 1 is 1.05 bits per heavy atom. The van der Waals surface area contributed by atoms with Crippen molar-refractivity contribution in [1.29, 1.82) is 0 Å². The van der Waals surface area contributed by atoms with Crippen molar-refractivity contribution < 1.29 is 28.6 Å². The number of rotatable bonds is 8. The van der Waals surface area contributed by atoms with E-state index in [1.54, 1.807) is 42.0 Å². The molecule has 0 unspecified atom stereocenters. The van der Waals surface area contributed by atoms with Gasteiger partial charge in [0.25, 0.3) is 0 Å². The molecule has 210 valence electrons. The van der Waals surface area contributed by atoms with Crippen LogP contribution in [0.1, 0.15) is 46.2 Å². The molecule has 4 amide bonds. The SMILES string of the molecule is CCOC(=O)C1=C(CN2CCN(C(=O)NC(C)(C)C)CC2)N(CC)C(=O)N[C@@H]1c1ccc(OC)c(OC)c1. The number of amides is 4. The fourth-order valence-corrected chi connectivity index (χ4v) is 4.66. The van der Waals surface area contributed by atoms with Crippen LogP contribution in [0.25, 0.3) is 0 Å². The molecule has 1 saturated heterocycles. The Labute approximate surface area is 225 Å². The predicted molar refractivity (Wildman–Crippen MR) is 143 cm³/mol. The number of likely N-dealkylation sites (N-methyl/N-ethyl adjacent to an activating group) is 1. The lowest BCUT2D eigenvalue weighted by atomic mass is 9.93. The average molecular weight is 532 g/mol. The number of nitrogens with one attached hydrogen (secondary N) is 2. The Morgan fingerprint density at radius 3 is 2.26 bits per heavy atom. The summed E-state index contributed by atoms with van der Waals surface area (Å²) in [6.45, 7) is 12.7. The number of hydrogen-bond acceptors (Lipinski definition) is 7. The summed E-state index contributed by atoms with van der Waals surface area (Å²) < 4.78 is 16.3. The van der Waals surface area contributed by atoms with E-state index in [1.165, 1.54) is 7.11 Å². The highest BCUT2D eigenvalue weighted by atomic mass is 16.5. The van der Waals surface area contributed by atoms with Crippen molar-refractivity contribution in [3.05, 3.63) is 35.0 Å². The number of urea groups is 2. The quantitative estimate of drug-likeness (QED) is 0.496. The summed E-state index contributed by atoms with van der Waals surface area (Å²) in [5, 5.41) is 5.98. The molecule has 1 fully saturated rings. The molecular weight excluding hydrogens is 490 g/mol. The zero-order valence-electron chi connectivity index (χ0n) is 23.6. The van der Waals surface area contributed by atoms with Gasteiger partial charge in [-0.05, 0) is 52.3 Å². The van der Waals surface area contributed by atoms with Crippen molar-refractivity contribution in [3.63, 3.8) is 0 Å². The normalized spacial score (nSPS) is 18.7. The maximum atomic E-state index is 13.4. The summed E-state index contributed by atoms with van der Waals surface area (Å²) in [5.41, 5.74) is 1.34. The van der Waals surface area contributed by atoms with E-state index in [0.29, 0.717) is 67.6 Å². The van der Waals surface area contributed by atoms with Crippen molar-refractivity contribution in [3.8, 4) is 11.5 Å². The van der Waals surface area contributed by atoms with Gasteiger partial charge in [-0.1, -0.05) is 6.07 Å². The lowest BCUT2D eigenvalue weighted by molar-refractivity contribution is -0.139. The number of piperazine rings is 1. The smallest absolute Gasteiger partial charge is 0.338 e. The van der Waals surface area contributed by atoms with Crippen molar-refractivity contribution in [1.82, 2.24) is 25.3 Å². The van der Waals surface area contributed by atoms with Crippen LogP contribution in [-0.4, -0.2) is 98.4 Å². The zero-order chi connectivity index (χ0) is 28.0. The third kappa shape index (κ3) is 6.69. The van der Waals surface area contributed by atoms with Gasteiger partial charge in [-0.2, -0.15) is 0 Å². The summed E-state index contributed by atoms with van der Waals surface area (Å²) in [7, 11) is 3.09. The molecule has 2 N–H and O–H groups in total. The van der Waals surface area contributed by atoms with E-state index in [1.807, 2.05) is 27.7 Å². The van der Waals surface area contributed by atoms with E-state index in [2.05, 4.69) is 15.5 Å². The molecule has 0 bridgehead atoms. The second kappa shape index (κ2) is 12.4. The molecule has 2 aliphatic heterocycles. The molecule has 1 aromatic rings. The van der Waals surface area contributed by atoms with E-state index < -0.39 is 12.0 Å². The highest BCUT2D eigenvalue weighted by Gasteiger charge is 2.39. The number of hydrogen-bond donors (Lipinski definition) is 2. The number of carbonyl (C=O) groups is 3. The molecule has 0 aliphatic carbocycles. The summed E-state index contributed by atoms with van der Waals surface area (Å²) in [5.74, 6) is 0.555. The largest absolute Gasteiger partial charge is 0.493 e. The molecule has 0 spiro atoms. The second-order valence-electron chi connectivity index (χ2n) is 10.3. The van der Waals surface area contributed by atoms with E-state index in [0.717, 1.165) is 0 Å². The molecule has 1 aromatic carbocycles. The second-order valence-corrected chi connectivity index (χ2v) is 10.3. The van der Waals surface area contributed by atoms with E-state index in [4.69, 9.17) is 14.2 Å². The number of methoxy groups -OCH3 is 2. The molecule has 2 heterocycles. The molecule has 0 saturated carbocycles. The molecule has 0 aromatic heterocycles. The fourth-order valence-electron chi connectivity index (χ4n) is 4.66. The Kier molecular flexibility index (Phi) is 9.48. The molecule has 1 atom stereocenters. The Bertz CT molecular complexity index is 1060. The first kappa shape index (κ1) is 29.1. The molecule has 11 nitrogen and oxygen atoms in total. The van der Waals surface area contributed by atoms with Gasteiger partial charge in [0.1, 0.15) is 0 Å². The van der Waals surface area contributed by atoms with Gasteiger partial charge in [-0.3, -0.25) is 9.80 Å². The van der Waals surface area contributed by atoms with E-state index >= 15 is 0 Å². The monoisotopic (exact) mass is 531 g/mol. The van der Waals surface area contributed by atoms with E-state index in [-0.39, 0.29) is 24.2 Å². The van der Waals surface area contributed by atoms with E-state index in [9.17, 15) is 14.4 Å².